The molecule has 0 aliphatic carbocycles. The lowest BCUT2D eigenvalue weighted by atomic mass is 9.93. The molecule has 1 amide bonds. The molecule has 4 heteroatoms. The Balaban J connectivity index is 2.15. The summed E-state index contributed by atoms with van der Waals surface area (Å²) in [6.07, 6.45) is 2.62. The van der Waals surface area contributed by atoms with Crippen molar-refractivity contribution in [3.63, 3.8) is 0 Å². The predicted octanol–water partition coefficient (Wildman–Crippen LogP) is 2.61. The summed E-state index contributed by atoms with van der Waals surface area (Å²) in [5.41, 5.74) is 0.852. The van der Waals surface area contributed by atoms with Gasteiger partial charge in [0.15, 0.2) is 0 Å². The van der Waals surface area contributed by atoms with Gasteiger partial charge in [-0.2, -0.15) is 0 Å². The number of carbonyl (C=O) groups excluding carboxylic acids is 1. The maximum atomic E-state index is 12.1. The van der Waals surface area contributed by atoms with Gasteiger partial charge in [-0.15, -0.1) is 0 Å². The number of hydrogen-bond acceptors (Lipinski definition) is 2. The first kappa shape index (κ1) is 11.4. The lowest BCUT2D eigenvalue weighted by molar-refractivity contribution is 0.0778. The van der Waals surface area contributed by atoms with E-state index in [1.165, 1.54) is 0 Å². The Hall–Kier alpha value is -1.09. The fourth-order valence-electron chi connectivity index (χ4n) is 2.00. The number of hydrogen-bond donors (Lipinski definition) is 0. The van der Waals surface area contributed by atoms with Crippen molar-refractivity contribution in [2.24, 2.45) is 5.41 Å². The van der Waals surface area contributed by atoms with Crippen LogP contribution in [-0.2, 0) is 0 Å². The molecule has 0 aromatic carbocycles. The van der Waals surface area contributed by atoms with Gasteiger partial charge in [-0.25, -0.2) is 4.98 Å². The number of nitrogens with zero attached hydrogens (tertiary/aromatic N) is 2. The number of likely N-dealkylation sites (tertiary alicyclic amines) is 1. The third-order valence-corrected chi connectivity index (χ3v) is 3.14. The average molecular weight is 239 g/mol. The average Bonchev–Trinajstić information content (AvgIpc) is 2.58. The number of rotatable bonds is 1. The predicted molar refractivity (Wildman–Crippen MR) is 63.5 cm³/mol. The van der Waals surface area contributed by atoms with Gasteiger partial charge in [-0.1, -0.05) is 25.4 Å². The zero-order valence-electron chi connectivity index (χ0n) is 9.53. The molecule has 0 bridgehead atoms. The molecule has 1 aliphatic heterocycles. The summed E-state index contributed by atoms with van der Waals surface area (Å²) in [6, 6.07) is 3.33. The van der Waals surface area contributed by atoms with E-state index in [-0.39, 0.29) is 11.3 Å². The maximum Gasteiger partial charge on any atom is 0.254 e. The summed E-state index contributed by atoms with van der Waals surface area (Å²) in [5, 5.41) is 0.365. The lowest BCUT2D eigenvalue weighted by Gasteiger charge is -2.19. The van der Waals surface area contributed by atoms with Gasteiger partial charge in [0.2, 0.25) is 0 Å². The fourth-order valence-corrected chi connectivity index (χ4v) is 2.18. The second kappa shape index (κ2) is 4.06. The monoisotopic (exact) mass is 238 g/mol. The van der Waals surface area contributed by atoms with Crippen molar-refractivity contribution in [1.82, 2.24) is 9.88 Å². The summed E-state index contributed by atoms with van der Waals surface area (Å²) >= 11 is 5.77. The molecule has 1 fully saturated rings. The van der Waals surface area contributed by atoms with Crippen LogP contribution in [0.1, 0.15) is 30.6 Å². The maximum absolute atomic E-state index is 12.1. The van der Waals surface area contributed by atoms with Crippen LogP contribution >= 0.6 is 11.6 Å². The fraction of sp³-hybridized carbons (Fsp3) is 0.500. The molecule has 1 saturated heterocycles. The molecular formula is C12H15ClN2O. The molecule has 2 heterocycles. The van der Waals surface area contributed by atoms with E-state index >= 15 is 0 Å². The molecule has 0 unspecified atom stereocenters. The molecule has 0 N–H and O–H groups in total. The number of halogens is 1. The highest BCUT2D eigenvalue weighted by molar-refractivity contribution is 6.29. The number of pyridine rings is 1. The smallest absolute Gasteiger partial charge is 0.254 e. The van der Waals surface area contributed by atoms with Gasteiger partial charge in [0.1, 0.15) is 5.15 Å². The minimum Gasteiger partial charge on any atom is -0.338 e. The van der Waals surface area contributed by atoms with E-state index in [4.69, 9.17) is 11.6 Å². The normalized spacial score (nSPS) is 18.8. The van der Waals surface area contributed by atoms with Crippen molar-refractivity contribution < 1.29 is 4.79 Å². The van der Waals surface area contributed by atoms with Crippen LogP contribution in [-0.4, -0.2) is 28.9 Å². The van der Waals surface area contributed by atoms with E-state index in [0.29, 0.717) is 10.7 Å². The van der Waals surface area contributed by atoms with Crippen molar-refractivity contribution in [2.75, 3.05) is 13.1 Å². The van der Waals surface area contributed by atoms with Crippen molar-refractivity contribution in [3.05, 3.63) is 29.0 Å². The van der Waals surface area contributed by atoms with Crippen LogP contribution < -0.4 is 0 Å². The first-order chi connectivity index (χ1) is 7.48. The second-order valence-electron chi connectivity index (χ2n) is 5.01. The van der Waals surface area contributed by atoms with E-state index in [1.807, 2.05) is 4.90 Å². The zero-order valence-corrected chi connectivity index (χ0v) is 10.3. The van der Waals surface area contributed by atoms with Crippen LogP contribution in [0.3, 0.4) is 0 Å². The highest BCUT2D eigenvalue weighted by Crippen LogP contribution is 2.29. The highest BCUT2D eigenvalue weighted by atomic mass is 35.5. The van der Waals surface area contributed by atoms with Gasteiger partial charge in [-0.3, -0.25) is 4.79 Å². The van der Waals surface area contributed by atoms with Crippen LogP contribution in [0.15, 0.2) is 18.3 Å². The van der Waals surface area contributed by atoms with Gasteiger partial charge >= 0.3 is 0 Å². The molecule has 3 nitrogen and oxygen atoms in total. The van der Waals surface area contributed by atoms with Gasteiger partial charge in [0.05, 0.1) is 0 Å². The zero-order chi connectivity index (χ0) is 11.8. The van der Waals surface area contributed by atoms with E-state index in [0.717, 1.165) is 19.5 Å². The summed E-state index contributed by atoms with van der Waals surface area (Å²) in [7, 11) is 0. The van der Waals surface area contributed by atoms with Gasteiger partial charge in [-0.05, 0) is 24.0 Å². The van der Waals surface area contributed by atoms with Crippen molar-refractivity contribution in [3.8, 4) is 0 Å². The SMILES string of the molecule is CC1(C)CCN(C(=O)c2ccnc(Cl)c2)C1. The second-order valence-corrected chi connectivity index (χ2v) is 5.40. The molecule has 0 atom stereocenters. The van der Waals surface area contributed by atoms with Crippen LogP contribution in [0, 0.1) is 5.41 Å². The number of carbonyl (C=O) groups is 1. The standard InChI is InChI=1S/C12H15ClN2O/c1-12(2)4-6-15(8-12)11(16)9-3-5-14-10(13)7-9/h3,5,7H,4,6,8H2,1-2H3. The van der Waals surface area contributed by atoms with Gasteiger partial charge < -0.3 is 4.90 Å². The molecule has 1 aliphatic rings. The van der Waals surface area contributed by atoms with Crippen LogP contribution in [0.4, 0.5) is 0 Å². The molecule has 16 heavy (non-hydrogen) atoms. The van der Waals surface area contributed by atoms with Crippen LogP contribution in [0.2, 0.25) is 5.15 Å². The first-order valence-corrected chi connectivity index (χ1v) is 5.77. The summed E-state index contributed by atoms with van der Waals surface area (Å²) in [5.74, 6) is 0.0508. The van der Waals surface area contributed by atoms with E-state index in [1.54, 1.807) is 18.3 Å². The van der Waals surface area contributed by atoms with E-state index < -0.39 is 0 Å². The van der Waals surface area contributed by atoms with Crippen LogP contribution in [0.5, 0.6) is 0 Å². The quantitative estimate of drug-likeness (QED) is 0.705. The number of aromatic nitrogens is 1. The topological polar surface area (TPSA) is 33.2 Å². The summed E-state index contributed by atoms with van der Waals surface area (Å²) in [6.45, 7) is 6.00. The van der Waals surface area contributed by atoms with Gasteiger partial charge in [0, 0.05) is 24.8 Å². The Bertz CT molecular complexity index is 417. The Morgan fingerprint density at radius 1 is 1.56 bits per heavy atom. The van der Waals surface area contributed by atoms with Crippen molar-refractivity contribution >= 4 is 17.5 Å². The van der Waals surface area contributed by atoms with Crippen LogP contribution in [0.25, 0.3) is 0 Å². The summed E-state index contributed by atoms with van der Waals surface area (Å²) < 4.78 is 0. The van der Waals surface area contributed by atoms with Gasteiger partial charge in [0.25, 0.3) is 5.91 Å². The molecule has 0 radical (unpaired) electrons. The molecule has 1 aromatic heterocycles. The molecule has 0 saturated carbocycles. The highest BCUT2D eigenvalue weighted by Gasteiger charge is 2.32. The lowest BCUT2D eigenvalue weighted by Crippen LogP contribution is -2.30. The molecular weight excluding hydrogens is 224 g/mol. The molecule has 1 aromatic rings. The minimum atomic E-state index is 0.0508. The largest absolute Gasteiger partial charge is 0.338 e. The van der Waals surface area contributed by atoms with E-state index in [2.05, 4.69) is 18.8 Å². The number of amides is 1. The molecule has 2 rings (SSSR count). The Kier molecular flexibility index (Phi) is 2.89. The molecule has 86 valence electrons. The Morgan fingerprint density at radius 3 is 2.88 bits per heavy atom. The van der Waals surface area contributed by atoms with Crippen molar-refractivity contribution in [2.45, 2.75) is 20.3 Å². The van der Waals surface area contributed by atoms with Crippen molar-refractivity contribution in [1.29, 1.82) is 0 Å². The summed E-state index contributed by atoms with van der Waals surface area (Å²) in [4.78, 5) is 17.9. The molecule has 0 spiro atoms. The third-order valence-electron chi connectivity index (χ3n) is 2.94. The van der Waals surface area contributed by atoms with E-state index in [9.17, 15) is 4.79 Å². The first-order valence-electron chi connectivity index (χ1n) is 5.39. The minimum absolute atomic E-state index is 0.0508. The Morgan fingerprint density at radius 2 is 2.31 bits per heavy atom. The Labute approximate surface area is 100 Å². The third kappa shape index (κ3) is 2.35.